The molecule has 0 aliphatic carbocycles. The molecule has 20 aromatic rings. The quantitative estimate of drug-likeness (QED) is 0.0843. The number of hydrogen-bond acceptors (Lipinski definition) is 4. The summed E-state index contributed by atoms with van der Waals surface area (Å²) in [4.78, 5) is 9.46. The van der Waals surface area contributed by atoms with Crippen molar-refractivity contribution in [2.75, 3.05) is 19.6 Å². The van der Waals surface area contributed by atoms with Gasteiger partial charge in [-0.3, -0.25) is 0 Å². The lowest BCUT2D eigenvalue weighted by Gasteiger charge is -2.27. The van der Waals surface area contributed by atoms with Crippen LogP contribution in [0.4, 0.5) is 68.2 Å². The molecule has 0 atom stereocenters. The highest BCUT2D eigenvalue weighted by molar-refractivity contribution is 6.26. The van der Waals surface area contributed by atoms with Crippen molar-refractivity contribution in [2.24, 2.45) is 0 Å². The van der Waals surface area contributed by atoms with E-state index in [2.05, 4.69) is 472 Å². The summed E-state index contributed by atoms with van der Waals surface area (Å²) in [6.07, 6.45) is 0. The monoisotopic (exact) mass is 1480 g/mol. The predicted molar refractivity (Wildman–Crippen MR) is 496 cm³/mol. The van der Waals surface area contributed by atoms with Crippen molar-refractivity contribution in [2.45, 2.75) is 27.7 Å². The molecule has 0 aromatic heterocycles. The Kier molecular flexibility index (Phi) is 18.2. The third-order valence-electron chi connectivity index (χ3n) is 23.3. The molecular formula is C112H82N4. The first-order valence-electron chi connectivity index (χ1n) is 40.1. The molecule has 0 bridgehead atoms. The SMILES string of the molecule is Cc1cccc(N(c2ccccc2)c2ccc(-c3cc4c5cc(-c6ccc7c(c6)c(-c6ccc(N(c8ccccc8)c8ccccc8C)cc6)cc6c8ccccc8c(-c8ccc(N(c9ccccc9)c9ccccc9C)cc8)cc76)ccc5c(-c5ccc(N(c6ccccc6)c6cccc(C)c6)cc5)cc4c4ccccc34)cc2)c1. The molecule has 550 valence electrons. The van der Waals surface area contributed by atoms with Crippen molar-refractivity contribution in [3.63, 3.8) is 0 Å². The van der Waals surface area contributed by atoms with E-state index in [9.17, 15) is 0 Å². The van der Waals surface area contributed by atoms with Crippen LogP contribution in [0.25, 0.3) is 120 Å². The van der Waals surface area contributed by atoms with Gasteiger partial charge >= 0.3 is 0 Å². The van der Waals surface area contributed by atoms with E-state index in [0.717, 1.165) is 102 Å². The fraction of sp³-hybridized carbons (Fsp3) is 0.0357. The van der Waals surface area contributed by atoms with Gasteiger partial charge in [-0.25, -0.2) is 0 Å². The normalized spacial score (nSPS) is 11.4. The maximum Gasteiger partial charge on any atom is 0.0490 e. The summed E-state index contributed by atoms with van der Waals surface area (Å²) < 4.78 is 0. The molecule has 4 nitrogen and oxygen atoms in total. The molecule has 0 aliphatic heterocycles. The Hall–Kier alpha value is -14.8. The second-order valence-corrected chi connectivity index (χ2v) is 30.6. The zero-order chi connectivity index (χ0) is 77.7. The number of fused-ring (bicyclic) bond motifs is 10. The topological polar surface area (TPSA) is 13.0 Å². The second-order valence-electron chi connectivity index (χ2n) is 30.6. The Balaban J connectivity index is 0.785. The Morgan fingerprint density at radius 3 is 0.741 bits per heavy atom. The lowest BCUT2D eigenvalue weighted by molar-refractivity contribution is 1.25. The summed E-state index contributed by atoms with van der Waals surface area (Å²) in [6.45, 7) is 8.72. The van der Waals surface area contributed by atoms with Gasteiger partial charge < -0.3 is 19.6 Å². The maximum atomic E-state index is 2.49. The van der Waals surface area contributed by atoms with Gasteiger partial charge in [0, 0.05) is 68.2 Å². The van der Waals surface area contributed by atoms with Gasteiger partial charge in [0.1, 0.15) is 0 Å². The molecule has 0 unspecified atom stereocenters. The summed E-state index contributed by atoms with van der Waals surface area (Å²) >= 11 is 0. The van der Waals surface area contributed by atoms with Crippen LogP contribution in [-0.2, 0) is 0 Å². The third-order valence-corrected chi connectivity index (χ3v) is 23.3. The minimum atomic E-state index is 1.09. The fourth-order valence-electron chi connectivity index (χ4n) is 17.7. The van der Waals surface area contributed by atoms with Crippen molar-refractivity contribution < 1.29 is 0 Å². The first-order valence-corrected chi connectivity index (χ1v) is 40.1. The minimum absolute atomic E-state index is 1.09. The first kappa shape index (κ1) is 70.3. The maximum absolute atomic E-state index is 2.49. The molecule has 116 heavy (non-hydrogen) atoms. The van der Waals surface area contributed by atoms with Crippen LogP contribution < -0.4 is 19.6 Å². The molecule has 0 saturated heterocycles. The lowest BCUT2D eigenvalue weighted by Crippen LogP contribution is -2.11. The lowest BCUT2D eigenvalue weighted by atomic mass is 9.85. The molecule has 0 N–H and O–H groups in total. The van der Waals surface area contributed by atoms with Gasteiger partial charge in [-0.2, -0.15) is 0 Å². The summed E-state index contributed by atoms with van der Waals surface area (Å²) in [5, 5.41) is 14.3. The van der Waals surface area contributed by atoms with E-state index in [4.69, 9.17) is 0 Å². The summed E-state index contributed by atoms with van der Waals surface area (Å²) in [7, 11) is 0. The third kappa shape index (κ3) is 13.0. The van der Waals surface area contributed by atoms with E-state index in [0.29, 0.717) is 0 Å². The van der Waals surface area contributed by atoms with Gasteiger partial charge in [-0.15, -0.1) is 0 Å². The van der Waals surface area contributed by atoms with E-state index in [1.807, 2.05) is 0 Å². The number of aryl methyl sites for hydroxylation is 4. The van der Waals surface area contributed by atoms with Crippen LogP contribution in [-0.4, -0.2) is 0 Å². The molecule has 0 spiro atoms. The highest BCUT2D eigenvalue weighted by Crippen LogP contribution is 2.50. The summed E-state index contributed by atoms with van der Waals surface area (Å²) in [6, 6.07) is 157. The van der Waals surface area contributed by atoms with Crippen molar-refractivity contribution in [1.82, 2.24) is 0 Å². The van der Waals surface area contributed by atoms with Crippen LogP contribution in [0.1, 0.15) is 22.3 Å². The zero-order valence-corrected chi connectivity index (χ0v) is 65.2. The molecule has 4 heteroatoms. The van der Waals surface area contributed by atoms with Crippen LogP contribution in [0.5, 0.6) is 0 Å². The van der Waals surface area contributed by atoms with E-state index in [-0.39, 0.29) is 0 Å². The number of anilines is 12. The van der Waals surface area contributed by atoms with Crippen LogP contribution >= 0.6 is 0 Å². The number of benzene rings is 20. The van der Waals surface area contributed by atoms with Crippen molar-refractivity contribution in [1.29, 1.82) is 0 Å². The van der Waals surface area contributed by atoms with E-state index >= 15 is 0 Å². The molecule has 0 heterocycles. The van der Waals surface area contributed by atoms with E-state index < -0.39 is 0 Å². The van der Waals surface area contributed by atoms with Crippen LogP contribution in [0.3, 0.4) is 0 Å². The standard InChI is InChI=1S/C112H82N4/c1-75-27-25-39-93(67-75)113(85-31-9-5-10-32-85)89-57-47-79(48-58-89)102-73-110-106-70-84(55-65-99(106)103(72-108(110)98-44-22-20-42-96(98)102)81-49-59-90(60-50-81)114(86-33-11-6-12-34-86)94-40-26-28-76(2)68-94)83-56-66-100-105(69-83)104(82-53-63-92(64-54-82)116(88-37-15-8-16-38-88)112-46-24-18-30-78(112)4)74-107-97-43-21-19-41-95(97)101(71-109(100)107)80-51-61-91(62-52-80)115(87-35-13-7-14-36-87)111-45-23-17-29-77(111)3/h5-74H,1-4H3. The molecule has 0 radical (unpaired) electrons. The highest BCUT2D eigenvalue weighted by atomic mass is 15.2. The van der Waals surface area contributed by atoms with Gasteiger partial charge in [0.2, 0.25) is 0 Å². The van der Waals surface area contributed by atoms with Gasteiger partial charge in [0.05, 0.1) is 0 Å². The largest absolute Gasteiger partial charge is 0.310 e. The smallest absolute Gasteiger partial charge is 0.0490 e. The number of rotatable bonds is 17. The summed E-state index contributed by atoms with van der Waals surface area (Å²) in [5.41, 5.74) is 29.7. The predicted octanol–water partition coefficient (Wildman–Crippen LogP) is 32.1. The molecule has 20 rings (SSSR count). The number of nitrogens with zero attached hydrogens (tertiary/aromatic N) is 4. The van der Waals surface area contributed by atoms with Crippen molar-refractivity contribution in [3.05, 3.63) is 447 Å². The zero-order valence-electron chi connectivity index (χ0n) is 65.2. The average Bonchev–Trinajstić information content (AvgIpc) is 0.727. The van der Waals surface area contributed by atoms with Crippen LogP contribution in [0, 0.1) is 27.7 Å². The van der Waals surface area contributed by atoms with Gasteiger partial charge in [0.25, 0.3) is 0 Å². The first-order chi connectivity index (χ1) is 57.2. The molecule has 0 aliphatic rings. The van der Waals surface area contributed by atoms with E-state index in [1.54, 1.807) is 0 Å². The Morgan fingerprint density at radius 1 is 0.138 bits per heavy atom. The Morgan fingerprint density at radius 2 is 0.379 bits per heavy atom. The van der Waals surface area contributed by atoms with Crippen molar-refractivity contribution in [3.8, 4) is 55.6 Å². The van der Waals surface area contributed by atoms with E-state index in [1.165, 1.54) is 109 Å². The summed E-state index contributed by atoms with van der Waals surface area (Å²) in [5.74, 6) is 0. The number of hydrogen-bond donors (Lipinski definition) is 0. The molecule has 0 saturated carbocycles. The Bertz CT molecular complexity index is 7080. The van der Waals surface area contributed by atoms with Gasteiger partial charge in [0.15, 0.2) is 0 Å². The molecule has 0 fully saturated rings. The minimum Gasteiger partial charge on any atom is -0.310 e. The second kappa shape index (κ2) is 30.0. The highest BCUT2D eigenvalue weighted by Gasteiger charge is 2.24. The molecule has 0 amide bonds. The van der Waals surface area contributed by atoms with Crippen molar-refractivity contribution >= 4 is 133 Å². The average molecular weight is 1480 g/mol. The van der Waals surface area contributed by atoms with Gasteiger partial charge in [-0.1, -0.05) is 255 Å². The van der Waals surface area contributed by atoms with Crippen LogP contribution in [0.15, 0.2) is 425 Å². The molecule has 20 aromatic carbocycles. The van der Waals surface area contributed by atoms with Crippen LogP contribution in [0.2, 0.25) is 0 Å². The van der Waals surface area contributed by atoms with Gasteiger partial charge in [-0.05, 0) is 340 Å². The Labute approximate surface area is 678 Å². The molecular weight excluding hydrogens is 1400 g/mol. The fourth-order valence-corrected chi connectivity index (χ4v) is 17.7. The number of para-hydroxylation sites is 6.